The second-order valence-electron chi connectivity index (χ2n) is 8.75. The molecule has 1 aliphatic heterocycles. The molecule has 0 saturated carbocycles. The summed E-state index contributed by atoms with van der Waals surface area (Å²) >= 11 is 1.22. The summed E-state index contributed by atoms with van der Waals surface area (Å²) in [6.45, 7) is 4.76. The zero-order valence-corrected chi connectivity index (χ0v) is 23.4. The highest BCUT2D eigenvalue weighted by molar-refractivity contribution is 8.15. The first-order valence-electron chi connectivity index (χ1n) is 12.9. The van der Waals surface area contributed by atoms with Crippen molar-refractivity contribution in [2.45, 2.75) is 32.1 Å². The lowest BCUT2D eigenvalue weighted by Crippen LogP contribution is -2.44. The molecule has 1 atom stereocenters. The number of nitrogens with zero attached hydrogens (tertiary/aromatic N) is 2. The molecule has 0 aliphatic carbocycles. The van der Waals surface area contributed by atoms with E-state index in [2.05, 4.69) is 5.32 Å². The number of thioether (sulfide) groups is 1. The summed E-state index contributed by atoms with van der Waals surface area (Å²) < 4.78 is 15.7. The Hall–Kier alpha value is -4.31. The zero-order chi connectivity index (χ0) is 28.5. The van der Waals surface area contributed by atoms with Crippen molar-refractivity contribution in [3.8, 4) is 11.5 Å². The van der Waals surface area contributed by atoms with E-state index in [1.807, 2.05) is 31.2 Å². The maximum Gasteiger partial charge on any atom is 0.338 e. The van der Waals surface area contributed by atoms with Gasteiger partial charge in [-0.1, -0.05) is 23.9 Å². The van der Waals surface area contributed by atoms with Gasteiger partial charge in [-0.15, -0.1) is 0 Å². The van der Waals surface area contributed by atoms with Gasteiger partial charge < -0.3 is 19.5 Å². The van der Waals surface area contributed by atoms with Gasteiger partial charge in [-0.25, -0.2) is 9.79 Å². The highest BCUT2D eigenvalue weighted by atomic mass is 32.2. The van der Waals surface area contributed by atoms with Gasteiger partial charge in [0.25, 0.3) is 0 Å². The van der Waals surface area contributed by atoms with Crippen LogP contribution in [0.25, 0.3) is 0 Å². The summed E-state index contributed by atoms with van der Waals surface area (Å²) in [5.41, 5.74) is 2.43. The van der Waals surface area contributed by atoms with Gasteiger partial charge in [0, 0.05) is 12.1 Å². The number of benzene rings is 3. The molecule has 0 spiro atoms. The van der Waals surface area contributed by atoms with E-state index >= 15 is 0 Å². The van der Waals surface area contributed by atoms with Gasteiger partial charge >= 0.3 is 5.97 Å². The highest BCUT2D eigenvalue weighted by Gasteiger charge is 2.36. The predicted octanol–water partition coefficient (Wildman–Crippen LogP) is 5.43. The summed E-state index contributed by atoms with van der Waals surface area (Å²) in [6.07, 6.45) is 0.0184. The molecule has 0 unspecified atom stereocenters. The van der Waals surface area contributed by atoms with Crippen LogP contribution in [-0.2, 0) is 20.9 Å². The average Bonchev–Trinajstić information content (AvgIpc) is 2.96. The number of amidine groups is 1. The van der Waals surface area contributed by atoms with E-state index in [0.29, 0.717) is 40.2 Å². The van der Waals surface area contributed by atoms with Crippen LogP contribution in [0.5, 0.6) is 11.5 Å². The lowest BCUT2D eigenvalue weighted by molar-refractivity contribution is -0.129. The first-order chi connectivity index (χ1) is 19.4. The van der Waals surface area contributed by atoms with E-state index in [1.165, 1.54) is 11.8 Å². The quantitative estimate of drug-likeness (QED) is 0.329. The van der Waals surface area contributed by atoms with E-state index in [0.717, 1.165) is 5.56 Å². The number of hydrogen-bond donors (Lipinski definition) is 1. The maximum absolute atomic E-state index is 13.4. The van der Waals surface area contributed by atoms with Crippen LogP contribution < -0.4 is 14.8 Å². The summed E-state index contributed by atoms with van der Waals surface area (Å²) in [6, 6.07) is 21.1. The molecule has 1 saturated heterocycles. The number of methoxy groups -OCH3 is 1. The van der Waals surface area contributed by atoms with E-state index < -0.39 is 11.2 Å². The van der Waals surface area contributed by atoms with Gasteiger partial charge in [0.05, 0.1) is 38.1 Å². The Morgan fingerprint density at radius 1 is 0.950 bits per heavy atom. The molecule has 4 rings (SSSR count). The molecule has 1 aliphatic rings. The fourth-order valence-corrected chi connectivity index (χ4v) is 5.03. The van der Waals surface area contributed by atoms with Crippen molar-refractivity contribution in [2.75, 3.05) is 25.6 Å². The van der Waals surface area contributed by atoms with E-state index in [-0.39, 0.29) is 31.4 Å². The van der Waals surface area contributed by atoms with Crippen LogP contribution >= 0.6 is 11.8 Å². The number of esters is 1. The normalized spacial score (nSPS) is 16.0. The van der Waals surface area contributed by atoms with E-state index in [4.69, 9.17) is 19.2 Å². The van der Waals surface area contributed by atoms with Crippen LogP contribution in [0.1, 0.15) is 36.2 Å². The molecular weight excluding hydrogens is 530 g/mol. The molecule has 0 radical (unpaired) electrons. The Bertz CT molecular complexity index is 1360. The zero-order valence-electron chi connectivity index (χ0n) is 22.6. The first kappa shape index (κ1) is 28.7. The number of aliphatic imine (C=N–C) groups is 1. The molecular formula is C30H31N3O6S. The number of hydrogen-bond acceptors (Lipinski definition) is 8. The average molecular weight is 562 g/mol. The molecule has 3 aromatic rings. The maximum atomic E-state index is 13.4. The highest BCUT2D eigenvalue weighted by Crippen LogP contribution is 2.31. The lowest BCUT2D eigenvalue weighted by atomic mass is 10.2. The van der Waals surface area contributed by atoms with Gasteiger partial charge in [0.15, 0.2) is 5.17 Å². The number of nitrogens with one attached hydrogen (secondary N) is 1. The minimum atomic E-state index is -0.677. The van der Waals surface area contributed by atoms with Gasteiger partial charge in [0.2, 0.25) is 11.8 Å². The predicted molar refractivity (Wildman–Crippen MR) is 155 cm³/mol. The summed E-state index contributed by atoms with van der Waals surface area (Å²) in [4.78, 5) is 44.9. The van der Waals surface area contributed by atoms with Crippen molar-refractivity contribution in [3.63, 3.8) is 0 Å². The van der Waals surface area contributed by atoms with Gasteiger partial charge in [0.1, 0.15) is 16.7 Å². The monoisotopic (exact) mass is 561 g/mol. The summed E-state index contributed by atoms with van der Waals surface area (Å²) in [5, 5.41) is 2.60. The number of anilines is 1. The SMILES string of the molecule is CCOC(=O)c1ccc(N=C2S[C@@H](C(=O)Nc3ccc(OCC)cc3)CC(=O)N2Cc2ccc(OC)cc2)cc1. The molecule has 40 heavy (non-hydrogen) atoms. The molecule has 1 N–H and O–H groups in total. The van der Waals surface area contributed by atoms with Crippen molar-refractivity contribution in [1.82, 2.24) is 4.90 Å². The van der Waals surface area contributed by atoms with Crippen molar-refractivity contribution >= 4 is 46.1 Å². The van der Waals surface area contributed by atoms with Gasteiger partial charge in [-0.2, -0.15) is 0 Å². The van der Waals surface area contributed by atoms with Gasteiger partial charge in [-0.3, -0.25) is 14.5 Å². The Morgan fingerprint density at radius 2 is 1.62 bits per heavy atom. The Labute approximate surface area is 237 Å². The molecule has 2 amide bonds. The van der Waals surface area contributed by atoms with E-state index in [1.54, 1.807) is 67.5 Å². The molecule has 0 aromatic heterocycles. The molecule has 208 valence electrons. The Morgan fingerprint density at radius 3 is 2.25 bits per heavy atom. The number of ether oxygens (including phenoxy) is 3. The third-order valence-electron chi connectivity index (χ3n) is 5.97. The minimum Gasteiger partial charge on any atom is -0.497 e. The summed E-state index contributed by atoms with van der Waals surface area (Å²) in [5.74, 6) is 0.487. The van der Waals surface area contributed by atoms with Crippen LogP contribution in [0, 0.1) is 0 Å². The van der Waals surface area contributed by atoms with Crippen LogP contribution in [0.15, 0.2) is 77.8 Å². The van der Waals surface area contributed by atoms with Gasteiger partial charge in [-0.05, 0) is 80.1 Å². The Kier molecular flexibility index (Phi) is 9.80. The molecule has 3 aromatic carbocycles. The molecule has 1 fully saturated rings. The smallest absolute Gasteiger partial charge is 0.338 e. The molecule has 1 heterocycles. The minimum absolute atomic E-state index is 0.0184. The third-order valence-corrected chi connectivity index (χ3v) is 7.16. The topological polar surface area (TPSA) is 107 Å². The van der Waals surface area contributed by atoms with Crippen LogP contribution in [0.3, 0.4) is 0 Å². The number of carbonyl (C=O) groups excluding carboxylic acids is 3. The second-order valence-corrected chi connectivity index (χ2v) is 9.92. The first-order valence-corrected chi connectivity index (χ1v) is 13.8. The molecule has 9 nitrogen and oxygen atoms in total. The van der Waals surface area contributed by atoms with Crippen molar-refractivity contribution in [2.24, 2.45) is 4.99 Å². The second kappa shape index (κ2) is 13.7. The number of carbonyl (C=O) groups is 3. The van der Waals surface area contributed by atoms with E-state index in [9.17, 15) is 14.4 Å². The Balaban J connectivity index is 1.56. The van der Waals surface area contributed by atoms with Crippen LogP contribution in [-0.4, -0.2) is 53.4 Å². The van der Waals surface area contributed by atoms with Crippen LogP contribution in [0.2, 0.25) is 0 Å². The van der Waals surface area contributed by atoms with Crippen LogP contribution in [0.4, 0.5) is 11.4 Å². The van der Waals surface area contributed by atoms with Crippen molar-refractivity contribution in [1.29, 1.82) is 0 Å². The fourth-order valence-electron chi connectivity index (χ4n) is 3.93. The largest absolute Gasteiger partial charge is 0.497 e. The lowest BCUT2D eigenvalue weighted by Gasteiger charge is -2.32. The number of rotatable bonds is 10. The van der Waals surface area contributed by atoms with Crippen molar-refractivity contribution < 1.29 is 28.6 Å². The fraction of sp³-hybridized carbons (Fsp3) is 0.267. The van der Waals surface area contributed by atoms with Crippen molar-refractivity contribution in [3.05, 3.63) is 83.9 Å². The molecule has 0 bridgehead atoms. The molecule has 10 heteroatoms. The standard InChI is InChI=1S/C30H31N3O6S/c1-4-38-25-16-12-22(13-17-25)31-28(35)26-18-27(34)33(19-20-6-14-24(37-3)15-7-20)30(40-26)32-23-10-8-21(9-11-23)29(36)39-5-2/h6-17,26H,4-5,18-19H2,1-3H3,(H,31,35)/t26-/m1/s1. The number of amides is 2. The summed E-state index contributed by atoms with van der Waals surface area (Å²) in [7, 11) is 1.59. The third kappa shape index (κ3) is 7.41.